The van der Waals surface area contributed by atoms with Crippen molar-refractivity contribution in [2.75, 3.05) is 0 Å². The third-order valence-corrected chi connectivity index (χ3v) is 1.37. The first-order valence-corrected chi connectivity index (χ1v) is 3.85. The molecule has 0 aromatic carbocycles. The average molecular weight is 330 g/mol. The van der Waals surface area contributed by atoms with Crippen LogP contribution in [0.15, 0.2) is 0 Å². The molecular formula is C9H19FW. The van der Waals surface area contributed by atoms with Crippen LogP contribution in [0.5, 0.6) is 0 Å². The molecule has 68 valence electrons. The van der Waals surface area contributed by atoms with Gasteiger partial charge in [0.2, 0.25) is 0 Å². The Hall–Kier alpha value is 0.618. The Morgan fingerprint density at radius 3 is 1.73 bits per heavy atom. The number of rotatable bonds is 0. The van der Waals surface area contributed by atoms with Crippen molar-refractivity contribution in [3.8, 4) is 0 Å². The van der Waals surface area contributed by atoms with Crippen LogP contribution in [-0.4, -0.2) is 6.17 Å². The molecule has 11 heavy (non-hydrogen) atoms. The molecule has 1 rings (SSSR count). The van der Waals surface area contributed by atoms with Crippen LogP contribution in [0.2, 0.25) is 0 Å². The van der Waals surface area contributed by atoms with E-state index >= 15 is 0 Å². The van der Waals surface area contributed by atoms with Gasteiger partial charge in [-0.3, -0.25) is 0 Å². The first kappa shape index (κ1) is 17.6. The molecule has 0 nitrogen and oxygen atoms in total. The van der Waals surface area contributed by atoms with E-state index in [2.05, 4.69) is 6.42 Å². The molecule has 1 aliphatic carbocycles. The molecule has 0 aliphatic heterocycles. The van der Waals surface area contributed by atoms with Crippen molar-refractivity contribution in [3.63, 3.8) is 0 Å². The Labute approximate surface area is 85.2 Å². The molecule has 1 aliphatic rings. The molecule has 0 atom stereocenters. The Morgan fingerprint density at radius 2 is 1.55 bits per heavy atom. The Bertz CT molecular complexity index is 51.5. The fraction of sp³-hybridized carbons (Fsp3) is 0.778. The maximum atomic E-state index is 12.2. The summed E-state index contributed by atoms with van der Waals surface area (Å²) < 4.78 is 12.2. The second kappa shape index (κ2) is 13.2. The fourth-order valence-electron chi connectivity index (χ4n) is 0.886. The normalized spacial score (nSPS) is 16.6. The van der Waals surface area contributed by atoms with E-state index in [1.54, 1.807) is 0 Å². The van der Waals surface area contributed by atoms with Gasteiger partial charge in [0, 0.05) is 0 Å². The molecule has 0 aromatic heterocycles. The first-order chi connectivity index (χ1) is 4.39. The smallest absolute Gasteiger partial charge is 0.358 e. The van der Waals surface area contributed by atoms with Gasteiger partial charge in [-0.15, -0.1) is 0 Å². The third-order valence-electron chi connectivity index (χ3n) is 1.37. The molecule has 0 unspecified atom stereocenters. The second-order valence-electron chi connectivity index (χ2n) is 2.04. The van der Waals surface area contributed by atoms with E-state index < -0.39 is 6.17 Å². The van der Waals surface area contributed by atoms with Crippen LogP contribution >= 0.6 is 0 Å². The zero-order valence-electron chi connectivity index (χ0n) is 7.77. The van der Waals surface area contributed by atoms with E-state index in [4.69, 9.17) is 0 Å². The summed E-state index contributed by atoms with van der Waals surface area (Å²) in [5.41, 5.74) is 0. The van der Waals surface area contributed by atoms with Crippen LogP contribution < -0.4 is 0 Å². The van der Waals surface area contributed by atoms with Crippen LogP contribution in [0.25, 0.3) is 0 Å². The van der Waals surface area contributed by atoms with Crippen LogP contribution in [0.3, 0.4) is 0 Å². The molecule has 0 radical (unpaired) electrons. The predicted octanol–water partition coefficient (Wildman–Crippen LogP) is 3.58. The van der Waals surface area contributed by atoms with Gasteiger partial charge in [-0.1, -0.05) is 13.8 Å². The summed E-state index contributed by atoms with van der Waals surface area (Å²) in [6.45, 7) is 4.00. The summed E-state index contributed by atoms with van der Waals surface area (Å²) in [6.07, 6.45) is 5.17. The minimum atomic E-state index is -0.495. The van der Waals surface area contributed by atoms with Crippen molar-refractivity contribution < 1.29 is 25.5 Å². The molecule has 1 fully saturated rings. The Balaban J connectivity index is -0.000000149. The quantitative estimate of drug-likeness (QED) is 0.596. The predicted molar refractivity (Wildman–Crippen MR) is 45.4 cm³/mol. The van der Waals surface area contributed by atoms with Crippen molar-refractivity contribution >= 4 is 0 Å². The summed E-state index contributed by atoms with van der Waals surface area (Å²) >= 11 is 0. The number of hydrogen-bond acceptors (Lipinski definition) is 0. The van der Waals surface area contributed by atoms with Gasteiger partial charge in [-0.2, -0.15) is 12.8 Å². The maximum absolute atomic E-state index is 12.2. The van der Waals surface area contributed by atoms with Gasteiger partial charge in [-0.05, 0) is 12.8 Å². The van der Waals surface area contributed by atoms with Gasteiger partial charge < -0.3 is 13.8 Å². The molecule has 0 aromatic rings. The number of hydrogen-bond donors (Lipinski definition) is 0. The molecule has 0 amide bonds. The van der Waals surface area contributed by atoms with E-state index in [0.717, 1.165) is 25.7 Å². The largest absolute Gasteiger partial charge is 2.00 e. The van der Waals surface area contributed by atoms with Gasteiger partial charge in [0.05, 0.1) is 6.17 Å². The summed E-state index contributed by atoms with van der Waals surface area (Å²) in [7, 11) is 0. The maximum Gasteiger partial charge on any atom is 2.00 e. The van der Waals surface area contributed by atoms with Crippen LogP contribution in [0.1, 0.15) is 39.5 Å². The monoisotopic (exact) mass is 330 g/mol. The van der Waals surface area contributed by atoms with E-state index in [0.29, 0.717) is 0 Å². The second-order valence-corrected chi connectivity index (χ2v) is 2.04. The zero-order valence-corrected chi connectivity index (χ0v) is 10.7. The van der Waals surface area contributed by atoms with Crippen LogP contribution in [0.4, 0.5) is 4.39 Å². The molecule has 0 spiro atoms. The minimum Gasteiger partial charge on any atom is -0.358 e. The van der Waals surface area contributed by atoms with Gasteiger partial charge in [-0.25, -0.2) is 4.39 Å². The zero-order chi connectivity index (χ0) is 7.11. The minimum absolute atomic E-state index is 0. The molecule has 2 heteroatoms. The average Bonchev–Trinajstić information content (AvgIpc) is 1.94. The van der Waals surface area contributed by atoms with Crippen molar-refractivity contribution in [3.05, 3.63) is 13.8 Å². The molecule has 1 saturated carbocycles. The first-order valence-electron chi connectivity index (χ1n) is 3.85. The summed E-state index contributed by atoms with van der Waals surface area (Å²) in [5, 5.41) is 0. The van der Waals surface area contributed by atoms with E-state index in [-0.39, 0.29) is 28.5 Å². The summed E-state index contributed by atoms with van der Waals surface area (Å²) in [5.74, 6) is 0. The number of halogens is 1. The van der Waals surface area contributed by atoms with Crippen LogP contribution in [0, 0.1) is 13.8 Å². The van der Waals surface area contributed by atoms with E-state index in [1.807, 2.05) is 13.8 Å². The molecule has 0 saturated heterocycles. The van der Waals surface area contributed by atoms with Crippen molar-refractivity contribution in [2.24, 2.45) is 0 Å². The van der Waals surface area contributed by atoms with Crippen LogP contribution in [-0.2, 0) is 21.1 Å². The van der Waals surface area contributed by atoms with Crippen molar-refractivity contribution in [1.82, 2.24) is 0 Å². The van der Waals surface area contributed by atoms with Gasteiger partial charge in [0.15, 0.2) is 0 Å². The van der Waals surface area contributed by atoms with Crippen molar-refractivity contribution in [1.29, 1.82) is 0 Å². The third kappa shape index (κ3) is 10.6. The van der Waals surface area contributed by atoms with Gasteiger partial charge in [0.25, 0.3) is 0 Å². The SMILES string of the molecule is CC.FC1CC[CH-]CC1.[CH3-].[W+2]. The van der Waals surface area contributed by atoms with Gasteiger partial charge >= 0.3 is 21.1 Å². The summed E-state index contributed by atoms with van der Waals surface area (Å²) in [4.78, 5) is 0. The fourth-order valence-corrected chi connectivity index (χ4v) is 0.886. The molecule has 0 bridgehead atoms. The van der Waals surface area contributed by atoms with Gasteiger partial charge in [0.1, 0.15) is 0 Å². The molecule has 0 heterocycles. The number of alkyl halides is 1. The van der Waals surface area contributed by atoms with Crippen molar-refractivity contribution in [2.45, 2.75) is 45.7 Å². The standard InChI is InChI=1S/C6H10F.C2H6.CH3.W/c7-6-4-2-1-3-5-6;1-2;;/h1,6H,2-5H2;1-2H3;1H3;/q-1;;-1;+2. The van der Waals surface area contributed by atoms with E-state index in [1.165, 1.54) is 0 Å². The topological polar surface area (TPSA) is 0 Å². The van der Waals surface area contributed by atoms with E-state index in [9.17, 15) is 4.39 Å². The molecule has 0 N–H and O–H groups in total. The summed E-state index contributed by atoms with van der Waals surface area (Å²) in [6, 6.07) is 0. The molecular weight excluding hydrogens is 311 g/mol. The Morgan fingerprint density at radius 1 is 1.18 bits per heavy atom. The Kier molecular flexibility index (Phi) is 21.2.